The molecule has 25 heavy (non-hydrogen) atoms. The molecule has 1 aromatic heterocycles. The van der Waals surface area contributed by atoms with Crippen molar-refractivity contribution in [3.8, 4) is 5.75 Å². The van der Waals surface area contributed by atoms with E-state index in [1.165, 1.54) is 0 Å². The number of benzene rings is 1. The van der Waals surface area contributed by atoms with Crippen molar-refractivity contribution in [2.75, 3.05) is 13.7 Å². The van der Waals surface area contributed by atoms with Gasteiger partial charge < -0.3 is 9.64 Å². The minimum absolute atomic E-state index is 0.0500. The quantitative estimate of drug-likeness (QED) is 0.703. The second kappa shape index (κ2) is 9.02. The Morgan fingerprint density at radius 3 is 2.44 bits per heavy atom. The number of allylic oxidation sites excluding steroid dienone is 1. The Morgan fingerprint density at radius 2 is 1.92 bits per heavy atom. The molecule has 132 valence electrons. The lowest BCUT2D eigenvalue weighted by Crippen LogP contribution is -2.36. The molecule has 1 atom stereocenters. The molecule has 1 amide bonds. The number of rotatable bonds is 7. The molecule has 0 saturated carbocycles. The average Bonchev–Trinajstić information content (AvgIpc) is 2.66. The number of aromatic nitrogens is 1. The van der Waals surface area contributed by atoms with E-state index in [1.807, 2.05) is 74.3 Å². The van der Waals surface area contributed by atoms with Crippen molar-refractivity contribution in [3.63, 3.8) is 0 Å². The van der Waals surface area contributed by atoms with Gasteiger partial charge in [-0.1, -0.05) is 31.2 Å². The summed E-state index contributed by atoms with van der Waals surface area (Å²) in [5, 5.41) is 0. The minimum atomic E-state index is -0.183. The van der Waals surface area contributed by atoms with Gasteiger partial charge in [-0.05, 0) is 49.6 Å². The van der Waals surface area contributed by atoms with Gasteiger partial charge >= 0.3 is 0 Å². The summed E-state index contributed by atoms with van der Waals surface area (Å²) in [5.41, 5.74) is 2.80. The van der Waals surface area contributed by atoms with E-state index in [2.05, 4.69) is 4.98 Å². The molecule has 1 heterocycles. The van der Waals surface area contributed by atoms with Crippen molar-refractivity contribution >= 4 is 5.91 Å². The van der Waals surface area contributed by atoms with Crippen LogP contribution >= 0.6 is 0 Å². The summed E-state index contributed by atoms with van der Waals surface area (Å²) in [7, 11) is 1.65. The van der Waals surface area contributed by atoms with Gasteiger partial charge in [0.1, 0.15) is 5.75 Å². The molecule has 0 saturated heterocycles. The number of pyridine rings is 1. The van der Waals surface area contributed by atoms with Crippen molar-refractivity contribution in [2.24, 2.45) is 0 Å². The van der Waals surface area contributed by atoms with Gasteiger partial charge in [0.15, 0.2) is 0 Å². The molecule has 2 rings (SSSR count). The van der Waals surface area contributed by atoms with Crippen LogP contribution in [0.4, 0.5) is 0 Å². The van der Waals surface area contributed by atoms with E-state index in [0.29, 0.717) is 6.54 Å². The highest BCUT2D eigenvalue weighted by atomic mass is 16.5. The number of nitrogens with zero attached hydrogens (tertiary/aromatic N) is 2. The molecule has 4 nitrogen and oxygen atoms in total. The summed E-state index contributed by atoms with van der Waals surface area (Å²) in [5.74, 6) is 0.846. The van der Waals surface area contributed by atoms with Crippen molar-refractivity contribution in [1.82, 2.24) is 9.88 Å². The standard InChI is InChI=1S/C21H26N2O2/c1-5-8-16(3)21(24)23(6-2)20(18-9-7-14-22-15-18)17-10-12-19(25-4)13-11-17/h7-15,20H,5-6H2,1-4H3/b16-8+/t20-/m0/s1. The summed E-state index contributed by atoms with van der Waals surface area (Å²) < 4.78 is 5.26. The van der Waals surface area contributed by atoms with E-state index in [1.54, 1.807) is 13.3 Å². The first-order valence-electron chi connectivity index (χ1n) is 8.63. The second-order valence-electron chi connectivity index (χ2n) is 5.85. The normalized spacial score (nSPS) is 12.6. The van der Waals surface area contributed by atoms with E-state index >= 15 is 0 Å². The number of ether oxygens (including phenoxy) is 1. The zero-order valence-corrected chi connectivity index (χ0v) is 15.4. The monoisotopic (exact) mass is 338 g/mol. The van der Waals surface area contributed by atoms with Crippen molar-refractivity contribution in [2.45, 2.75) is 33.2 Å². The number of likely N-dealkylation sites (N-methyl/N-ethyl adjacent to an activating group) is 1. The largest absolute Gasteiger partial charge is 0.497 e. The Balaban J connectivity index is 2.49. The van der Waals surface area contributed by atoms with E-state index in [4.69, 9.17) is 4.74 Å². The lowest BCUT2D eigenvalue weighted by molar-refractivity contribution is -0.128. The third-order valence-electron chi connectivity index (χ3n) is 4.19. The maximum atomic E-state index is 13.0. The third kappa shape index (κ3) is 4.47. The molecular formula is C21H26N2O2. The van der Waals surface area contributed by atoms with Gasteiger partial charge in [-0.3, -0.25) is 9.78 Å². The summed E-state index contributed by atoms with van der Waals surface area (Å²) in [6, 6.07) is 11.6. The van der Waals surface area contributed by atoms with E-state index in [-0.39, 0.29) is 11.9 Å². The molecule has 0 unspecified atom stereocenters. The number of carbonyl (C=O) groups excluding carboxylic acids is 1. The molecule has 0 aliphatic heterocycles. The van der Waals surface area contributed by atoms with Gasteiger partial charge in [-0.2, -0.15) is 0 Å². The van der Waals surface area contributed by atoms with E-state index < -0.39 is 0 Å². The molecule has 0 N–H and O–H groups in total. The molecule has 0 aliphatic carbocycles. The van der Waals surface area contributed by atoms with Gasteiger partial charge in [0.05, 0.1) is 13.2 Å². The van der Waals surface area contributed by atoms with Crippen molar-refractivity contribution in [1.29, 1.82) is 0 Å². The predicted molar refractivity (Wildman–Crippen MR) is 101 cm³/mol. The number of hydrogen-bond donors (Lipinski definition) is 0. The zero-order valence-electron chi connectivity index (χ0n) is 15.4. The molecule has 4 heteroatoms. The zero-order chi connectivity index (χ0) is 18.2. The molecule has 0 fully saturated rings. The highest BCUT2D eigenvalue weighted by Crippen LogP contribution is 2.30. The van der Waals surface area contributed by atoms with Crippen LogP contribution in [-0.4, -0.2) is 29.4 Å². The summed E-state index contributed by atoms with van der Waals surface area (Å²) >= 11 is 0. The number of amides is 1. The van der Waals surface area contributed by atoms with E-state index in [0.717, 1.165) is 28.9 Å². The Kier molecular flexibility index (Phi) is 6.75. The predicted octanol–water partition coefficient (Wildman–Crippen LogP) is 4.38. The lowest BCUT2D eigenvalue weighted by atomic mass is 9.97. The molecule has 1 aromatic carbocycles. The molecule has 2 aromatic rings. The van der Waals surface area contributed by atoms with Gasteiger partial charge in [0.25, 0.3) is 0 Å². The van der Waals surface area contributed by atoms with Crippen LogP contribution in [0, 0.1) is 0 Å². The fourth-order valence-electron chi connectivity index (χ4n) is 2.94. The first-order valence-corrected chi connectivity index (χ1v) is 8.63. The van der Waals surface area contributed by atoms with E-state index in [9.17, 15) is 4.79 Å². The fourth-order valence-corrected chi connectivity index (χ4v) is 2.94. The van der Waals surface area contributed by atoms with Crippen LogP contribution in [-0.2, 0) is 4.79 Å². The Hall–Kier alpha value is -2.62. The van der Waals surface area contributed by atoms with Gasteiger partial charge in [-0.15, -0.1) is 0 Å². The maximum Gasteiger partial charge on any atom is 0.249 e. The smallest absolute Gasteiger partial charge is 0.249 e. The van der Waals surface area contributed by atoms with Gasteiger partial charge in [-0.25, -0.2) is 0 Å². The average molecular weight is 338 g/mol. The number of methoxy groups -OCH3 is 1. The van der Waals surface area contributed by atoms with Crippen molar-refractivity contribution in [3.05, 3.63) is 71.6 Å². The maximum absolute atomic E-state index is 13.0. The lowest BCUT2D eigenvalue weighted by Gasteiger charge is -2.32. The van der Waals surface area contributed by atoms with Crippen LogP contribution < -0.4 is 4.74 Å². The molecule has 0 radical (unpaired) electrons. The van der Waals surface area contributed by atoms with Crippen LogP contribution in [0.1, 0.15) is 44.4 Å². The van der Waals surface area contributed by atoms with Crippen LogP contribution in [0.3, 0.4) is 0 Å². The highest BCUT2D eigenvalue weighted by Gasteiger charge is 2.26. The molecule has 0 bridgehead atoms. The Morgan fingerprint density at radius 1 is 1.20 bits per heavy atom. The summed E-state index contributed by atoms with van der Waals surface area (Å²) in [4.78, 5) is 19.1. The highest BCUT2D eigenvalue weighted by molar-refractivity contribution is 5.93. The van der Waals surface area contributed by atoms with Gasteiger partial charge in [0, 0.05) is 24.5 Å². The SMILES string of the molecule is CC/C=C(\C)C(=O)N(CC)[C@@H](c1ccc(OC)cc1)c1cccnc1. The van der Waals surface area contributed by atoms with Crippen molar-refractivity contribution < 1.29 is 9.53 Å². The molecule has 0 spiro atoms. The Labute approximate surface area is 150 Å². The number of hydrogen-bond acceptors (Lipinski definition) is 3. The Bertz CT molecular complexity index is 708. The topological polar surface area (TPSA) is 42.4 Å². The first-order chi connectivity index (χ1) is 12.1. The van der Waals surface area contributed by atoms with Crippen LogP contribution in [0.2, 0.25) is 0 Å². The minimum Gasteiger partial charge on any atom is -0.497 e. The van der Waals surface area contributed by atoms with Crippen LogP contribution in [0.25, 0.3) is 0 Å². The number of carbonyl (C=O) groups is 1. The second-order valence-corrected chi connectivity index (χ2v) is 5.85. The van der Waals surface area contributed by atoms with Gasteiger partial charge in [0.2, 0.25) is 5.91 Å². The molecular weight excluding hydrogens is 312 g/mol. The fraction of sp³-hybridized carbons (Fsp3) is 0.333. The third-order valence-corrected chi connectivity index (χ3v) is 4.19. The first kappa shape index (κ1) is 18.7. The van der Waals surface area contributed by atoms with Crippen LogP contribution in [0.5, 0.6) is 5.75 Å². The van der Waals surface area contributed by atoms with Crippen LogP contribution in [0.15, 0.2) is 60.4 Å². The summed E-state index contributed by atoms with van der Waals surface area (Å²) in [6.07, 6.45) is 6.38. The molecule has 0 aliphatic rings. The summed E-state index contributed by atoms with van der Waals surface area (Å²) in [6.45, 7) is 6.53.